The molecule has 4 atom stereocenters. The molecule has 0 aromatic rings. The second-order valence-electron chi connectivity index (χ2n) is 7.32. The molecule has 2 aliphatic carbocycles. The summed E-state index contributed by atoms with van der Waals surface area (Å²) < 4.78 is 5.68. The molecule has 0 unspecified atom stereocenters. The molecule has 0 aromatic carbocycles. The van der Waals surface area contributed by atoms with E-state index in [4.69, 9.17) is 4.74 Å². The maximum absolute atomic E-state index is 12.3. The van der Waals surface area contributed by atoms with E-state index in [0.29, 0.717) is 24.8 Å². The highest BCUT2D eigenvalue weighted by Gasteiger charge is 2.49. The van der Waals surface area contributed by atoms with Gasteiger partial charge in [-0.1, -0.05) is 32.1 Å². The van der Waals surface area contributed by atoms with Crippen molar-refractivity contribution in [2.45, 2.75) is 53.1 Å². The fourth-order valence-corrected chi connectivity index (χ4v) is 3.84. The molecular formula is C20H26O5. The molecule has 0 heterocycles. The lowest BCUT2D eigenvalue weighted by atomic mass is 9.57. The number of ether oxygens (including phenoxy) is 1. The third kappa shape index (κ3) is 3.46. The van der Waals surface area contributed by atoms with Gasteiger partial charge < -0.3 is 9.84 Å². The number of esters is 1. The molecule has 0 aliphatic heterocycles. The van der Waals surface area contributed by atoms with Crippen LogP contribution in [0.15, 0.2) is 35.5 Å². The van der Waals surface area contributed by atoms with E-state index < -0.39 is 11.9 Å². The van der Waals surface area contributed by atoms with E-state index in [0.717, 1.165) is 5.57 Å². The van der Waals surface area contributed by atoms with Gasteiger partial charge in [0, 0.05) is 17.1 Å². The number of allylic oxidation sites excluding steroid dienone is 3. The zero-order valence-electron chi connectivity index (χ0n) is 15.3. The van der Waals surface area contributed by atoms with Crippen molar-refractivity contribution in [1.82, 2.24) is 0 Å². The van der Waals surface area contributed by atoms with Crippen molar-refractivity contribution >= 4 is 17.7 Å². The van der Waals surface area contributed by atoms with Crippen LogP contribution in [0.25, 0.3) is 0 Å². The van der Waals surface area contributed by atoms with E-state index >= 15 is 0 Å². The average Bonchev–Trinajstić information content (AvgIpc) is 2.57. The van der Waals surface area contributed by atoms with E-state index in [2.05, 4.69) is 6.58 Å². The second-order valence-corrected chi connectivity index (χ2v) is 7.32. The fourth-order valence-electron chi connectivity index (χ4n) is 3.84. The molecule has 5 heteroatoms. The van der Waals surface area contributed by atoms with Gasteiger partial charge in [0.15, 0.2) is 5.78 Å². The SMILES string of the molecule is C=C(C(=O)O)[C@@H]1C[C@@]2(C)C(=CC1=O)CC[C@@H](OC(=O)/C(C)=C\C)[C@@H]2C. The minimum atomic E-state index is -1.14. The topological polar surface area (TPSA) is 80.7 Å². The van der Waals surface area contributed by atoms with Crippen LogP contribution in [0.3, 0.4) is 0 Å². The highest BCUT2D eigenvalue weighted by molar-refractivity contribution is 6.02. The highest BCUT2D eigenvalue weighted by atomic mass is 16.5. The van der Waals surface area contributed by atoms with Crippen LogP contribution in [-0.2, 0) is 19.1 Å². The molecule has 0 aromatic heterocycles. The van der Waals surface area contributed by atoms with Crippen LogP contribution in [0.2, 0.25) is 0 Å². The number of hydrogen-bond acceptors (Lipinski definition) is 4. The summed E-state index contributed by atoms with van der Waals surface area (Å²) >= 11 is 0. The maximum atomic E-state index is 12.3. The molecule has 0 spiro atoms. The van der Waals surface area contributed by atoms with Gasteiger partial charge in [-0.2, -0.15) is 0 Å². The molecule has 1 N–H and O–H groups in total. The molecule has 136 valence electrons. The van der Waals surface area contributed by atoms with Crippen LogP contribution in [0.4, 0.5) is 0 Å². The van der Waals surface area contributed by atoms with E-state index in [1.165, 1.54) is 0 Å². The first-order chi connectivity index (χ1) is 11.6. The minimum Gasteiger partial charge on any atom is -0.478 e. The Balaban J connectivity index is 2.27. The normalized spacial score (nSPS) is 32.5. The van der Waals surface area contributed by atoms with Crippen LogP contribution >= 0.6 is 0 Å². The van der Waals surface area contributed by atoms with Gasteiger partial charge in [0.2, 0.25) is 0 Å². The third-order valence-electron chi connectivity index (χ3n) is 5.99. The number of hydrogen-bond donors (Lipinski definition) is 1. The number of ketones is 1. The summed E-state index contributed by atoms with van der Waals surface area (Å²) in [6.07, 6.45) is 4.79. The lowest BCUT2D eigenvalue weighted by Gasteiger charge is -2.49. The van der Waals surface area contributed by atoms with Crippen molar-refractivity contribution in [3.05, 3.63) is 35.5 Å². The predicted molar refractivity (Wildman–Crippen MR) is 93.8 cm³/mol. The summed E-state index contributed by atoms with van der Waals surface area (Å²) in [5, 5.41) is 9.21. The van der Waals surface area contributed by atoms with Crippen LogP contribution in [-0.4, -0.2) is 28.9 Å². The Morgan fingerprint density at radius 3 is 2.64 bits per heavy atom. The van der Waals surface area contributed by atoms with Crippen molar-refractivity contribution in [2.24, 2.45) is 17.3 Å². The molecular weight excluding hydrogens is 320 g/mol. The summed E-state index contributed by atoms with van der Waals surface area (Å²) in [6, 6.07) is 0. The fraction of sp³-hybridized carbons (Fsp3) is 0.550. The number of fused-ring (bicyclic) bond motifs is 1. The number of carbonyl (C=O) groups excluding carboxylic acids is 2. The molecule has 0 amide bonds. The van der Waals surface area contributed by atoms with Gasteiger partial charge in [-0.25, -0.2) is 9.59 Å². The Labute approximate surface area is 148 Å². The van der Waals surface area contributed by atoms with Crippen molar-refractivity contribution < 1.29 is 24.2 Å². The summed E-state index contributed by atoms with van der Waals surface area (Å²) in [6.45, 7) is 11.1. The van der Waals surface area contributed by atoms with E-state index in [1.54, 1.807) is 26.0 Å². The Morgan fingerprint density at radius 1 is 1.44 bits per heavy atom. The van der Waals surface area contributed by atoms with Gasteiger partial charge in [-0.3, -0.25) is 4.79 Å². The Morgan fingerprint density at radius 2 is 2.08 bits per heavy atom. The molecule has 1 saturated carbocycles. The van der Waals surface area contributed by atoms with Gasteiger partial charge in [-0.15, -0.1) is 0 Å². The van der Waals surface area contributed by atoms with Gasteiger partial charge >= 0.3 is 11.9 Å². The standard InChI is InChI=1S/C20H26O5/c1-6-11(2)19(24)25-17-8-7-14-9-16(21)15(12(3)18(22)23)10-20(14,5)13(17)4/h6,9,13,15,17H,3,7-8,10H2,1-2,4-5H3,(H,22,23)/b11-6-/t13-,15-,17+,20+/m0/s1. The summed E-state index contributed by atoms with van der Waals surface area (Å²) in [7, 11) is 0. The quantitative estimate of drug-likeness (QED) is 0.623. The molecule has 1 fully saturated rings. The predicted octanol–water partition coefficient (Wildman–Crippen LogP) is 3.46. The lowest BCUT2D eigenvalue weighted by Crippen LogP contribution is -2.47. The van der Waals surface area contributed by atoms with Gasteiger partial charge in [0.1, 0.15) is 6.10 Å². The van der Waals surface area contributed by atoms with Crippen molar-refractivity contribution in [3.8, 4) is 0 Å². The number of carboxylic acid groups (broad SMARTS) is 1. The first kappa shape index (κ1) is 19.2. The molecule has 0 bridgehead atoms. The van der Waals surface area contributed by atoms with E-state index in [1.807, 2.05) is 13.8 Å². The highest BCUT2D eigenvalue weighted by Crippen LogP contribution is 2.53. The Bertz CT molecular complexity index is 684. The van der Waals surface area contributed by atoms with Gasteiger partial charge in [-0.05, 0) is 44.6 Å². The Hall–Kier alpha value is -2.17. The van der Waals surface area contributed by atoms with Crippen LogP contribution in [0.1, 0.15) is 47.0 Å². The minimum absolute atomic E-state index is 0.0155. The summed E-state index contributed by atoms with van der Waals surface area (Å²) in [5.41, 5.74) is 1.13. The van der Waals surface area contributed by atoms with Crippen LogP contribution in [0.5, 0.6) is 0 Å². The van der Waals surface area contributed by atoms with Gasteiger partial charge in [0.05, 0.1) is 5.92 Å². The van der Waals surface area contributed by atoms with Crippen LogP contribution in [0, 0.1) is 17.3 Å². The first-order valence-electron chi connectivity index (χ1n) is 8.62. The molecule has 0 radical (unpaired) electrons. The number of rotatable bonds is 4. The zero-order chi connectivity index (χ0) is 18.9. The molecule has 25 heavy (non-hydrogen) atoms. The zero-order valence-corrected chi connectivity index (χ0v) is 15.3. The lowest BCUT2D eigenvalue weighted by molar-refractivity contribution is -0.151. The van der Waals surface area contributed by atoms with Crippen molar-refractivity contribution in [1.29, 1.82) is 0 Å². The second kappa shape index (κ2) is 6.98. The number of aliphatic carboxylic acids is 1. The molecule has 2 aliphatic rings. The van der Waals surface area contributed by atoms with Gasteiger partial charge in [0.25, 0.3) is 0 Å². The molecule has 0 saturated heterocycles. The van der Waals surface area contributed by atoms with E-state index in [9.17, 15) is 19.5 Å². The van der Waals surface area contributed by atoms with Crippen LogP contribution < -0.4 is 0 Å². The number of carboxylic acids is 1. The monoisotopic (exact) mass is 346 g/mol. The maximum Gasteiger partial charge on any atom is 0.333 e. The third-order valence-corrected chi connectivity index (χ3v) is 5.99. The van der Waals surface area contributed by atoms with Crippen molar-refractivity contribution in [2.75, 3.05) is 0 Å². The van der Waals surface area contributed by atoms with E-state index in [-0.39, 0.29) is 34.8 Å². The average molecular weight is 346 g/mol. The Kier molecular flexibility index (Phi) is 5.35. The largest absolute Gasteiger partial charge is 0.478 e. The first-order valence-corrected chi connectivity index (χ1v) is 8.62. The molecule has 2 rings (SSSR count). The summed E-state index contributed by atoms with van der Waals surface area (Å²) in [4.78, 5) is 35.7. The smallest absolute Gasteiger partial charge is 0.333 e. The molecule has 5 nitrogen and oxygen atoms in total. The van der Waals surface area contributed by atoms with Crippen molar-refractivity contribution in [3.63, 3.8) is 0 Å². The number of carbonyl (C=O) groups is 3. The summed E-state index contributed by atoms with van der Waals surface area (Å²) in [5.74, 6) is -2.39.